The number of carbonyl (C=O) groups is 6. The summed E-state index contributed by atoms with van der Waals surface area (Å²) < 4.78 is 85.2. The van der Waals surface area contributed by atoms with Crippen molar-refractivity contribution in [2.24, 2.45) is 35.3 Å². The fourth-order valence-corrected chi connectivity index (χ4v) is 17.7. The van der Waals surface area contributed by atoms with Gasteiger partial charge < -0.3 is 108 Å². The third-order valence-electron chi connectivity index (χ3n) is 25.4. The highest BCUT2D eigenvalue weighted by molar-refractivity contribution is 6.39. The van der Waals surface area contributed by atoms with Crippen LogP contribution in [-0.2, 0) is 123 Å². The van der Waals surface area contributed by atoms with Crippen molar-refractivity contribution in [3.8, 4) is 11.3 Å². The van der Waals surface area contributed by atoms with Crippen molar-refractivity contribution in [2.45, 2.75) is 231 Å². The Balaban J connectivity index is 0.499. The van der Waals surface area contributed by atoms with Crippen molar-refractivity contribution in [1.29, 1.82) is 0 Å². The second-order valence-electron chi connectivity index (χ2n) is 35.4. The number of hydrogen-bond donors (Lipinski definition) is 6. The molecule has 11 rings (SSSR count). The van der Waals surface area contributed by atoms with Crippen LogP contribution in [0.1, 0.15) is 160 Å². The van der Waals surface area contributed by atoms with E-state index in [1.807, 2.05) is 72.1 Å². The molecule has 36 heteroatoms. The van der Waals surface area contributed by atoms with E-state index in [1.165, 1.54) is 24.9 Å². The van der Waals surface area contributed by atoms with Crippen molar-refractivity contribution in [3.63, 3.8) is 0 Å². The summed E-state index contributed by atoms with van der Waals surface area (Å²) in [6.07, 6.45) is 16.0. The van der Waals surface area contributed by atoms with Gasteiger partial charge in [0.05, 0.1) is 161 Å². The number of nitrogens with two attached hydrogens (primary N) is 3. The smallest absolute Gasteiger partial charge is 0.329 e. The van der Waals surface area contributed by atoms with Crippen LogP contribution in [0.15, 0.2) is 101 Å². The number of nitrogens with zero attached hydrogens (tertiary/aromatic N) is 10. The van der Waals surface area contributed by atoms with E-state index >= 15 is 0 Å². The van der Waals surface area contributed by atoms with Crippen LogP contribution in [0.25, 0.3) is 33.4 Å². The number of amides is 2. The van der Waals surface area contributed by atoms with Crippen LogP contribution in [-0.4, -0.2) is 300 Å². The van der Waals surface area contributed by atoms with Gasteiger partial charge in [0.15, 0.2) is 17.0 Å². The molecule has 3 fully saturated rings. The number of cyclic esters (lactones) is 1. The number of ether oxygens (including phenoxy) is 13. The second kappa shape index (κ2) is 52.7. The van der Waals surface area contributed by atoms with E-state index in [2.05, 4.69) is 43.5 Å². The highest BCUT2D eigenvalue weighted by Crippen LogP contribution is 2.39. The topological polar surface area (TPSA) is 468 Å². The van der Waals surface area contributed by atoms with Crippen LogP contribution in [0.3, 0.4) is 0 Å². The van der Waals surface area contributed by atoms with Crippen LogP contribution in [0, 0.1) is 29.6 Å². The number of nitrogen functional groups attached to an aromatic ring is 2. The number of aryl methyl sites for hydroxylation is 1. The molecule has 0 spiro atoms. The first-order valence-corrected chi connectivity index (χ1v) is 46.8. The van der Waals surface area contributed by atoms with Gasteiger partial charge in [-0.25, -0.2) is 24.1 Å². The summed E-state index contributed by atoms with van der Waals surface area (Å²) in [6.45, 7) is 19.6. The zero-order chi connectivity index (χ0) is 94.1. The summed E-state index contributed by atoms with van der Waals surface area (Å²) in [6, 6.07) is 9.81. The summed E-state index contributed by atoms with van der Waals surface area (Å²) in [5.74, 6) is -8.53. The zero-order valence-electron chi connectivity index (χ0n) is 78.0. The van der Waals surface area contributed by atoms with Crippen molar-refractivity contribution in [3.05, 3.63) is 119 Å². The predicted molar refractivity (Wildman–Crippen MR) is 489 cm³/mol. The van der Waals surface area contributed by atoms with Crippen LogP contribution in [0.2, 0.25) is 0 Å². The number of esters is 1. The largest absolute Gasteiger partial charge is 0.459 e. The van der Waals surface area contributed by atoms with Crippen LogP contribution in [0.4, 0.5) is 11.8 Å². The highest BCUT2D eigenvalue weighted by Gasteiger charge is 2.53. The Bertz CT molecular complexity index is 4800. The number of aliphatic hydroxyl groups excluding tert-OH is 2. The fourth-order valence-electron chi connectivity index (χ4n) is 17.7. The minimum Gasteiger partial charge on any atom is -0.459 e. The summed E-state index contributed by atoms with van der Waals surface area (Å²) in [4.78, 5) is 101. The van der Waals surface area contributed by atoms with Crippen molar-refractivity contribution in [1.82, 2.24) is 49.5 Å². The molecule has 0 unspecified atom stereocenters. The van der Waals surface area contributed by atoms with Gasteiger partial charge in [-0.1, -0.05) is 87.6 Å². The van der Waals surface area contributed by atoms with E-state index in [-0.39, 0.29) is 73.8 Å². The van der Waals surface area contributed by atoms with Gasteiger partial charge in [0, 0.05) is 88.9 Å². The minimum atomic E-state index is -2.49. The lowest BCUT2D eigenvalue weighted by Crippen LogP contribution is -2.61. The summed E-state index contributed by atoms with van der Waals surface area (Å²) in [7, 11) is 3.20. The second-order valence-corrected chi connectivity index (χ2v) is 35.4. The quantitative estimate of drug-likeness (QED) is 0.00912. The number of methoxy groups -OCH3 is 2. The average molecular weight is 1840 g/mol. The lowest BCUT2D eigenvalue weighted by atomic mass is 9.80. The zero-order valence-corrected chi connectivity index (χ0v) is 78.0. The van der Waals surface area contributed by atoms with E-state index in [0.29, 0.717) is 236 Å². The first-order valence-electron chi connectivity index (χ1n) is 46.8. The molecular weight excluding hydrogens is 1700 g/mol. The normalized spacial score (nSPS) is 25.9. The Kier molecular flexibility index (Phi) is 41.3. The van der Waals surface area contributed by atoms with E-state index < -0.39 is 95.4 Å². The van der Waals surface area contributed by atoms with E-state index in [1.54, 1.807) is 45.7 Å². The molecule has 9 N–H and O–H groups in total. The fraction of sp³-hybridized carbons (Fsp3) is 0.646. The molecule has 6 aromatic rings. The maximum atomic E-state index is 14.7. The minimum absolute atomic E-state index is 0.0255. The number of aliphatic hydroxyl groups is 3. The number of allylic oxidation sites excluding steroid dienone is 6. The molecule has 4 aromatic heterocycles. The van der Waals surface area contributed by atoms with Gasteiger partial charge in [-0.2, -0.15) is 10.1 Å². The van der Waals surface area contributed by atoms with Crippen molar-refractivity contribution < 1.29 is 110 Å². The van der Waals surface area contributed by atoms with E-state index in [9.17, 15) is 44.1 Å². The third-order valence-corrected chi connectivity index (χ3v) is 25.4. The number of oxazole rings is 1. The number of Topliss-reactive ketones (excluding diaryl/α,β-unsaturated/α-hetero) is 3. The number of benzene rings is 2. The number of hydrogen-bond acceptors (Lipinski definition) is 32. The maximum Gasteiger partial charge on any atom is 0.329 e. The van der Waals surface area contributed by atoms with Gasteiger partial charge in [0.25, 0.3) is 17.7 Å². The molecule has 36 nitrogen and oxygen atoms in total. The molecule has 1 saturated carbocycles. The average Bonchev–Trinajstić information content (AvgIpc) is 1.70. The molecule has 2 saturated heterocycles. The van der Waals surface area contributed by atoms with E-state index in [0.717, 1.165) is 52.1 Å². The Morgan fingerprint density at radius 2 is 1.40 bits per heavy atom. The number of anilines is 2. The molecule has 8 heterocycles. The first kappa shape index (κ1) is 103. The number of carbonyl (C=O) groups excluding carboxylic acids is 6. The molecule has 2 aromatic carbocycles. The Morgan fingerprint density at radius 1 is 0.705 bits per heavy atom. The molecule has 2 bridgehead atoms. The number of fused-ring (bicyclic) bond motifs is 6. The molecule has 0 radical (unpaired) electrons. The van der Waals surface area contributed by atoms with Gasteiger partial charge >= 0.3 is 5.97 Å². The lowest BCUT2D eigenvalue weighted by Gasteiger charge is -2.42. The van der Waals surface area contributed by atoms with Crippen LogP contribution in [0.5, 0.6) is 0 Å². The van der Waals surface area contributed by atoms with Gasteiger partial charge in [-0.15, -0.1) is 5.10 Å². The third kappa shape index (κ3) is 30.2. The predicted octanol–water partition coefficient (Wildman–Crippen LogP) is 8.12. The van der Waals surface area contributed by atoms with Gasteiger partial charge in [-0.05, 0) is 162 Å². The monoisotopic (exact) mass is 1840 g/mol. The SMILES string of the molecule is CO[C@H]1C[C@@H]2CC[C@@H](C)[C@@](O)(O2)C(=O)C(=O)N2CCCC[C@H]2C(=O)O[C@H]([C@H](N)C[C@@H]2CC[C@@H](OCCCCc3cn(CCOCCOCCOCCOCCOCCOCCOCCOCCC(=O)N4CCc5cc(Cn6nc(-c7ccc8oc(N)nc8c7)c7c(N)ncnc76)ccc5C4)nn3)[C@H](OC)C2)CC(=O)[C@H](C)/C=C(\C)[C@@H](O)[C@@H](O)C(=O)[C@H](C)C[C@H](C)/C=C/C=CC=C1C. The standard InChI is InChI=1S/C96H139N13O23/c1-62-16-10-9-11-17-63(2)81(119-7)56-74-25-20-67(6)96(118,132-74)90(115)93(116)108-30-14-12-19-77(108)94(117)130-82(57-78(110)64(3)51-66(5)88(113)89(114)87(112)65(4)50-62)75(97)53-68-22-26-80(83(54-68)120-8)129-33-15-13-18-73-60-107(105-103-73)32-35-122-37-39-124-41-43-126-45-47-128-49-48-127-46-44-125-42-40-123-38-36-121-34-29-84(111)106-31-28-70-52-69(21-23-72(70)59-106)58-109-92-85(91(98)100-61-101-92)86(104-109)71-24-27-79-76(55-71)102-95(99)131-79/h9-11,16-17,21,23-24,27,51-52,55,60-62,64-65,67-68,74-75,77,80-83,88-89,113-114,118H,12-15,18-20,22,25-26,28-50,53-54,56-59,97H2,1-8H3,(H2,99,102)(H2,98,100,101)/b11-9?,16-10+,63-17?,66-51+/t62-,64-,65-,67-,68+,74+,75-,77+,80-,81+,82+,83-,88-,89+,96-/m1/s1. The van der Waals surface area contributed by atoms with Crippen LogP contribution >= 0.6 is 0 Å². The molecule has 132 heavy (non-hydrogen) atoms. The first-order chi connectivity index (χ1) is 63.8. The Morgan fingerprint density at radius 3 is 2.10 bits per heavy atom. The summed E-state index contributed by atoms with van der Waals surface area (Å²) in [5.41, 5.74) is 27.7. The molecular formula is C96H139N13O23. The number of aromatic nitrogens is 8. The van der Waals surface area contributed by atoms with Crippen LogP contribution < -0.4 is 17.2 Å². The number of ketones is 3. The Hall–Kier alpha value is -9.06. The van der Waals surface area contributed by atoms with Gasteiger partial charge in [0.1, 0.15) is 53.5 Å². The van der Waals surface area contributed by atoms with Crippen molar-refractivity contribution >= 4 is 69.1 Å². The number of rotatable bonds is 41. The maximum absolute atomic E-state index is 14.7. The molecule has 1 aliphatic carbocycles. The molecule has 2 amide bonds. The molecule has 5 aliphatic rings. The lowest BCUT2D eigenvalue weighted by molar-refractivity contribution is -0.265. The number of unbranched alkanes of at least 4 members (excludes halogenated alkanes) is 1. The van der Waals surface area contributed by atoms with Crippen molar-refractivity contribution in [2.75, 3.05) is 151 Å². The number of piperidine rings is 1. The summed E-state index contributed by atoms with van der Waals surface area (Å²) >= 11 is 0. The molecule has 15 atom stereocenters. The van der Waals surface area contributed by atoms with Gasteiger partial charge in [-0.3, -0.25) is 24.0 Å². The van der Waals surface area contributed by atoms with Gasteiger partial charge in [0.2, 0.25) is 11.7 Å². The summed E-state index contributed by atoms with van der Waals surface area (Å²) in [5, 5.41) is 48.9. The molecule has 726 valence electrons. The molecule has 4 aliphatic heterocycles. The Labute approximate surface area is 772 Å². The van der Waals surface area contributed by atoms with E-state index in [4.69, 9.17) is 88.3 Å². The highest BCUT2D eigenvalue weighted by atomic mass is 16.6.